The molecular weight excluding hydrogens is 424 g/mol. The number of allylic oxidation sites excluding steroid dienone is 1. The molecule has 0 aliphatic carbocycles. The monoisotopic (exact) mass is 454 g/mol. The number of fused-ring (bicyclic) bond motifs is 2. The van der Waals surface area contributed by atoms with Gasteiger partial charge in [-0.25, -0.2) is 4.99 Å². The number of nitrogens with zero attached hydrogens (tertiary/aromatic N) is 2. The highest BCUT2D eigenvalue weighted by Crippen LogP contribution is 2.39. The molecule has 6 heteroatoms. The molecule has 1 aliphatic rings. The molecule has 0 atom stereocenters. The van der Waals surface area contributed by atoms with Crippen LogP contribution in [-0.2, 0) is 9.53 Å². The molecule has 5 nitrogen and oxygen atoms in total. The first-order valence-electron chi connectivity index (χ1n) is 11.0. The second-order valence-corrected chi connectivity index (χ2v) is 8.78. The summed E-state index contributed by atoms with van der Waals surface area (Å²) in [6.45, 7) is 9.48. The van der Waals surface area contributed by atoms with Crippen LogP contribution in [0.15, 0.2) is 59.6 Å². The van der Waals surface area contributed by atoms with Crippen LogP contribution in [0.5, 0.6) is 11.5 Å². The second-order valence-electron chi connectivity index (χ2n) is 8.34. The SMILES string of the molecule is CC=CCCN(CCC(C)(C)C(=O)OCC)C1=Nc2cc(Cl)ccc2Oc2ccccc21. The van der Waals surface area contributed by atoms with Crippen molar-refractivity contribution >= 4 is 29.1 Å². The van der Waals surface area contributed by atoms with Gasteiger partial charge in [0.25, 0.3) is 0 Å². The van der Waals surface area contributed by atoms with Gasteiger partial charge in [0.05, 0.1) is 17.6 Å². The van der Waals surface area contributed by atoms with E-state index in [9.17, 15) is 4.79 Å². The fraction of sp³-hybridized carbons (Fsp3) is 0.385. The fourth-order valence-corrected chi connectivity index (χ4v) is 3.67. The van der Waals surface area contributed by atoms with E-state index in [-0.39, 0.29) is 5.97 Å². The molecule has 0 fully saturated rings. The van der Waals surface area contributed by atoms with E-state index in [1.165, 1.54) is 0 Å². The number of hydrogen-bond donors (Lipinski definition) is 0. The van der Waals surface area contributed by atoms with Crippen LogP contribution in [0.4, 0.5) is 5.69 Å². The molecule has 0 saturated carbocycles. The number of esters is 1. The van der Waals surface area contributed by atoms with Gasteiger partial charge in [-0.05, 0) is 70.9 Å². The minimum absolute atomic E-state index is 0.183. The van der Waals surface area contributed by atoms with E-state index in [0.29, 0.717) is 36.0 Å². The van der Waals surface area contributed by atoms with Crippen LogP contribution < -0.4 is 4.74 Å². The van der Waals surface area contributed by atoms with Crippen molar-refractivity contribution in [2.24, 2.45) is 10.4 Å². The van der Waals surface area contributed by atoms with Gasteiger partial charge in [-0.15, -0.1) is 0 Å². The summed E-state index contributed by atoms with van der Waals surface area (Å²) in [7, 11) is 0. The minimum Gasteiger partial charge on any atom is -0.466 e. The normalized spacial score (nSPS) is 13.0. The number of aliphatic imine (C=N–C) groups is 1. The lowest BCUT2D eigenvalue weighted by atomic mass is 9.89. The summed E-state index contributed by atoms with van der Waals surface area (Å²) in [6.07, 6.45) is 5.67. The zero-order valence-corrected chi connectivity index (χ0v) is 20.0. The first kappa shape index (κ1) is 23.9. The van der Waals surface area contributed by atoms with Crippen molar-refractivity contribution in [3.8, 4) is 11.5 Å². The molecule has 2 aromatic rings. The summed E-state index contributed by atoms with van der Waals surface area (Å²) in [4.78, 5) is 19.7. The lowest BCUT2D eigenvalue weighted by Crippen LogP contribution is -2.37. The molecule has 0 radical (unpaired) electrons. The number of rotatable bonds is 8. The molecule has 2 aromatic carbocycles. The van der Waals surface area contributed by atoms with Crippen molar-refractivity contribution in [2.45, 2.75) is 40.5 Å². The fourth-order valence-electron chi connectivity index (χ4n) is 3.50. The van der Waals surface area contributed by atoms with Gasteiger partial charge in [0.2, 0.25) is 0 Å². The highest BCUT2D eigenvalue weighted by atomic mass is 35.5. The highest BCUT2D eigenvalue weighted by Gasteiger charge is 2.31. The van der Waals surface area contributed by atoms with Gasteiger partial charge >= 0.3 is 5.97 Å². The van der Waals surface area contributed by atoms with E-state index >= 15 is 0 Å². The number of hydrogen-bond acceptors (Lipinski definition) is 5. The number of para-hydroxylation sites is 1. The van der Waals surface area contributed by atoms with Gasteiger partial charge in [-0.2, -0.15) is 0 Å². The molecule has 170 valence electrons. The molecule has 0 aromatic heterocycles. The van der Waals surface area contributed by atoms with Crippen LogP contribution in [0.1, 0.15) is 46.1 Å². The summed E-state index contributed by atoms with van der Waals surface area (Å²) in [5.41, 5.74) is 0.996. The maximum absolute atomic E-state index is 12.5. The predicted molar refractivity (Wildman–Crippen MR) is 130 cm³/mol. The Bertz CT molecular complexity index is 1010. The average Bonchev–Trinajstić information content (AvgIpc) is 2.93. The summed E-state index contributed by atoms with van der Waals surface area (Å²) in [5.74, 6) is 2.04. The lowest BCUT2D eigenvalue weighted by Gasteiger charge is -2.30. The Balaban J connectivity index is 2.00. The van der Waals surface area contributed by atoms with E-state index in [0.717, 1.165) is 30.1 Å². The van der Waals surface area contributed by atoms with Crippen LogP contribution in [0.2, 0.25) is 5.02 Å². The Morgan fingerprint density at radius 1 is 1.19 bits per heavy atom. The Morgan fingerprint density at radius 3 is 2.72 bits per heavy atom. The molecule has 1 aliphatic heterocycles. The molecule has 0 saturated heterocycles. The van der Waals surface area contributed by atoms with Gasteiger partial charge < -0.3 is 14.4 Å². The van der Waals surface area contributed by atoms with Crippen molar-refractivity contribution in [1.29, 1.82) is 0 Å². The lowest BCUT2D eigenvalue weighted by molar-refractivity contribution is -0.153. The molecular formula is C26H31ClN2O3. The molecule has 0 amide bonds. The van der Waals surface area contributed by atoms with Crippen LogP contribution in [0.25, 0.3) is 0 Å². The second kappa shape index (κ2) is 10.7. The maximum Gasteiger partial charge on any atom is 0.311 e. The molecule has 3 rings (SSSR count). The largest absolute Gasteiger partial charge is 0.466 e. The van der Waals surface area contributed by atoms with Crippen molar-refractivity contribution in [3.63, 3.8) is 0 Å². The Hall–Kier alpha value is -2.79. The summed E-state index contributed by atoms with van der Waals surface area (Å²) < 4.78 is 11.5. The van der Waals surface area contributed by atoms with Gasteiger partial charge in [-0.3, -0.25) is 4.79 Å². The van der Waals surface area contributed by atoms with Crippen molar-refractivity contribution in [1.82, 2.24) is 4.90 Å². The number of carbonyl (C=O) groups excluding carboxylic acids is 1. The third kappa shape index (κ3) is 5.71. The van der Waals surface area contributed by atoms with E-state index in [2.05, 4.69) is 11.0 Å². The van der Waals surface area contributed by atoms with Gasteiger partial charge in [0.1, 0.15) is 17.3 Å². The summed E-state index contributed by atoms with van der Waals surface area (Å²) in [6, 6.07) is 13.3. The topological polar surface area (TPSA) is 51.1 Å². The van der Waals surface area contributed by atoms with E-state index in [4.69, 9.17) is 26.1 Å². The first-order chi connectivity index (χ1) is 15.4. The van der Waals surface area contributed by atoms with E-state index in [1.807, 2.05) is 70.2 Å². The van der Waals surface area contributed by atoms with Crippen LogP contribution in [-0.4, -0.2) is 36.4 Å². The van der Waals surface area contributed by atoms with Crippen LogP contribution in [0, 0.1) is 5.41 Å². The predicted octanol–water partition coefficient (Wildman–Crippen LogP) is 6.77. The first-order valence-corrected chi connectivity index (χ1v) is 11.4. The molecule has 0 spiro atoms. The molecule has 0 unspecified atom stereocenters. The van der Waals surface area contributed by atoms with Gasteiger partial charge in [-0.1, -0.05) is 35.9 Å². The molecule has 1 heterocycles. The van der Waals surface area contributed by atoms with E-state index < -0.39 is 5.41 Å². The standard InChI is InChI=1S/C26H31ClN2O3/c1-5-7-10-16-29(17-15-26(3,4)25(30)31-6-2)24-20-11-8-9-12-22(20)32-23-14-13-19(27)18-21(23)28-24/h5,7-9,11-14,18H,6,10,15-17H2,1-4H3. The number of benzene rings is 2. The number of halogens is 1. The van der Waals surface area contributed by atoms with Crippen molar-refractivity contribution in [3.05, 3.63) is 65.2 Å². The zero-order valence-electron chi connectivity index (χ0n) is 19.2. The Morgan fingerprint density at radius 2 is 1.97 bits per heavy atom. The Labute approximate surface area is 195 Å². The summed E-state index contributed by atoms with van der Waals surface area (Å²) in [5, 5.41) is 0.602. The molecule has 32 heavy (non-hydrogen) atoms. The quantitative estimate of drug-likeness (QED) is 0.326. The maximum atomic E-state index is 12.5. The van der Waals surface area contributed by atoms with Crippen molar-refractivity contribution < 1.29 is 14.3 Å². The number of carbonyl (C=O) groups is 1. The highest BCUT2D eigenvalue weighted by molar-refractivity contribution is 6.31. The third-order valence-electron chi connectivity index (χ3n) is 5.43. The smallest absolute Gasteiger partial charge is 0.311 e. The van der Waals surface area contributed by atoms with Crippen LogP contribution >= 0.6 is 11.6 Å². The van der Waals surface area contributed by atoms with Gasteiger partial charge in [0.15, 0.2) is 5.75 Å². The third-order valence-corrected chi connectivity index (χ3v) is 5.67. The zero-order chi connectivity index (χ0) is 23.1. The molecule has 0 N–H and O–H groups in total. The summed E-state index contributed by atoms with van der Waals surface area (Å²) >= 11 is 6.26. The number of ether oxygens (including phenoxy) is 2. The number of amidine groups is 1. The minimum atomic E-state index is -0.600. The van der Waals surface area contributed by atoms with Crippen LogP contribution in [0.3, 0.4) is 0 Å². The molecule has 0 bridgehead atoms. The van der Waals surface area contributed by atoms with Crippen molar-refractivity contribution in [2.75, 3.05) is 19.7 Å². The van der Waals surface area contributed by atoms with E-state index in [1.54, 1.807) is 6.07 Å². The average molecular weight is 455 g/mol. The Kier molecular flexibility index (Phi) is 7.97. The van der Waals surface area contributed by atoms with Gasteiger partial charge in [0, 0.05) is 18.1 Å².